The first-order chi connectivity index (χ1) is 52.8. The van der Waals surface area contributed by atoms with Crippen molar-refractivity contribution in [3.8, 4) is 57.5 Å². The van der Waals surface area contributed by atoms with Crippen molar-refractivity contribution < 1.29 is 98.7 Å². The Balaban J connectivity index is 0.000000217. The summed E-state index contributed by atoms with van der Waals surface area (Å²) in [6, 6.07) is 25.3. The molecule has 0 saturated carbocycles. The van der Waals surface area contributed by atoms with Gasteiger partial charge in [0.25, 0.3) is 0 Å². The SMILES string of the molecule is CCCCCCCOc1ccc(C2=N[C@@](C)(C(=O)O)CS2)c(O)c1.CCCCCCCOc1ccc(C2=N[C@@](C)(C(=O)O)CS2)c(O)c1.CCCCCCOc1ccc(C2=N[C@@](C)(C(=O)O)CS2)c(O)c1.CCCCOc1ccc(C2=N[C@@](C)(C(=O)O)CS2)c(O)c1.CCOc1ccc(C2=N[C@@](C)(C(=O)O)CS2)c(O)c1. The van der Waals surface area contributed by atoms with Crippen LogP contribution in [-0.2, 0) is 24.0 Å². The zero-order chi connectivity index (χ0) is 81.5. The lowest BCUT2D eigenvalue weighted by atomic mass is 10.1. The number of phenols is 5. The quantitative estimate of drug-likeness (QED) is 0.0167. The normalized spacial score (nSPS) is 20.6. The van der Waals surface area contributed by atoms with E-state index in [0.29, 0.717) is 144 Å². The molecule has 0 aromatic heterocycles. The number of aliphatic carboxylic acids is 5. The number of benzene rings is 5. The largest absolute Gasteiger partial charge is 0.507 e. The summed E-state index contributed by atoms with van der Waals surface area (Å²) >= 11 is 6.72. The Morgan fingerprint density at radius 1 is 0.297 bits per heavy atom. The molecule has 5 heterocycles. The lowest BCUT2D eigenvalue weighted by molar-refractivity contribution is -0.142. The lowest BCUT2D eigenvalue weighted by Crippen LogP contribution is -2.33. The molecule has 30 heteroatoms. The number of ether oxygens (including phenoxy) is 5. The van der Waals surface area contributed by atoms with Crippen LogP contribution in [0.4, 0.5) is 0 Å². The number of aliphatic imine (C=N–C) groups is 5. The van der Waals surface area contributed by atoms with Crippen LogP contribution in [0, 0.1) is 0 Å². The molecule has 5 aromatic carbocycles. The molecule has 0 amide bonds. The number of phenolic OH excluding ortho intramolecular Hbond substituents is 5. The van der Waals surface area contributed by atoms with E-state index >= 15 is 0 Å². The summed E-state index contributed by atoms with van der Waals surface area (Å²) in [5, 5.41) is 99.4. The van der Waals surface area contributed by atoms with Gasteiger partial charge in [-0.3, -0.25) is 25.0 Å². The van der Waals surface area contributed by atoms with Gasteiger partial charge in [0.15, 0.2) is 27.7 Å². The molecule has 0 spiro atoms. The molecule has 0 saturated heterocycles. The Kier molecular flexibility index (Phi) is 36.3. The van der Waals surface area contributed by atoms with Gasteiger partial charge >= 0.3 is 29.8 Å². The molecule has 606 valence electrons. The summed E-state index contributed by atoms with van der Waals surface area (Å²) in [5.41, 5.74) is -2.86. The average Bonchev–Trinajstić information content (AvgIpc) is 1.71. The third kappa shape index (κ3) is 27.1. The van der Waals surface area contributed by atoms with Crippen molar-refractivity contribution in [2.24, 2.45) is 25.0 Å². The number of hydrogen-bond donors (Lipinski definition) is 10. The van der Waals surface area contributed by atoms with Crippen LogP contribution >= 0.6 is 58.8 Å². The molecule has 5 atom stereocenters. The molecule has 5 aliphatic heterocycles. The number of carboxylic acids is 5. The summed E-state index contributed by atoms with van der Waals surface area (Å²) in [5.74, 6) is 0.425. The second kappa shape index (κ2) is 44.1. The van der Waals surface area contributed by atoms with Crippen molar-refractivity contribution >= 4 is 114 Å². The van der Waals surface area contributed by atoms with E-state index < -0.39 is 57.5 Å². The fourth-order valence-electron chi connectivity index (χ4n) is 10.6. The van der Waals surface area contributed by atoms with E-state index in [1.165, 1.54) is 116 Å². The predicted octanol–water partition coefficient (Wildman–Crippen LogP) is 16.9. The summed E-state index contributed by atoms with van der Waals surface area (Å²) in [6.07, 6.45) is 18.2. The molecule has 10 rings (SSSR count). The van der Waals surface area contributed by atoms with Gasteiger partial charge in [-0.1, -0.05) is 105 Å². The maximum atomic E-state index is 11.2. The van der Waals surface area contributed by atoms with E-state index in [1.807, 2.05) is 6.92 Å². The van der Waals surface area contributed by atoms with Gasteiger partial charge in [0.1, 0.15) is 82.7 Å². The first-order valence-corrected chi connectivity index (χ1v) is 42.3. The van der Waals surface area contributed by atoms with E-state index in [-0.39, 0.29) is 28.7 Å². The van der Waals surface area contributed by atoms with Gasteiger partial charge in [-0.25, -0.2) is 24.0 Å². The molecule has 0 fully saturated rings. The minimum absolute atomic E-state index is 0.0480. The predicted molar refractivity (Wildman–Crippen MR) is 445 cm³/mol. The number of aromatic hydroxyl groups is 5. The monoisotopic (exact) mass is 1630 g/mol. The standard InChI is InChI=1S/2C18H25NO4S.C17H23NO4S.C15H19NO4S.C13H15NO4S/c2*1-3-4-5-6-7-10-23-13-8-9-14(15(20)11-13)16-19-18(2,12-24-16)17(21)22;1-3-4-5-6-9-22-12-7-8-13(14(19)10-12)15-18-17(2,11-23-15)16(20)21;1-3-4-7-20-10-5-6-11(12(17)8-10)13-16-15(2,9-21-13)14(18)19;1-3-18-8-4-5-9(10(15)6-8)11-14-13(2,7-19-11)12(16)17/h2*8-9,11,20H,3-7,10,12H2,1-2H3,(H,21,22);7-8,10,19H,3-6,9,11H2,1-2H3,(H,20,21);5-6,8,17H,3-4,7,9H2,1-2H3,(H,18,19);4-6,15H,3,7H2,1-2H3,(H,16,17)/t2*18-;17-;15-;13-/m11111/s1. The first kappa shape index (κ1) is 91.4. The van der Waals surface area contributed by atoms with Crippen LogP contribution in [0.25, 0.3) is 0 Å². The summed E-state index contributed by atoms with van der Waals surface area (Å²) < 4.78 is 27.8. The van der Waals surface area contributed by atoms with Crippen molar-refractivity contribution in [1.82, 2.24) is 0 Å². The maximum Gasteiger partial charge on any atom is 0.332 e. The molecule has 25 nitrogen and oxygen atoms in total. The molecule has 111 heavy (non-hydrogen) atoms. The van der Waals surface area contributed by atoms with Crippen LogP contribution in [0.1, 0.15) is 200 Å². The van der Waals surface area contributed by atoms with Gasteiger partial charge in [0.05, 0.1) is 33.0 Å². The molecule has 0 radical (unpaired) electrons. The number of rotatable bonds is 36. The van der Waals surface area contributed by atoms with Crippen LogP contribution in [0.5, 0.6) is 57.5 Å². The third-order valence-electron chi connectivity index (χ3n) is 17.9. The van der Waals surface area contributed by atoms with Gasteiger partial charge in [-0.15, -0.1) is 58.8 Å². The van der Waals surface area contributed by atoms with Crippen LogP contribution < -0.4 is 23.7 Å². The van der Waals surface area contributed by atoms with E-state index in [1.54, 1.807) is 120 Å². The van der Waals surface area contributed by atoms with Gasteiger partial charge in [0, 0.05) is 86.9 Å². The average molecular weight is 1630 g/mol. The van der Waals surface area contributed by atoms with Crippen molar-refractivity contribution in [2.45, 2.75) is 200 Å². The van der Waals surface area contributed by atoms with Gasteiger partial charge in [-0.2, -0.15) is 0 Å². The van der Waals surface area contributed by atoms with Crippen molar-refractivity contribution in [3.63, 3.8) is 0 Å². The fourth-order valence-corrected chi connectivity index (χ4v) is 16.6. The van der Waals surface area contributed by atoms with Crippen LogP contribution in [-0.4, -0.2) is 196 Å². The Morgan fingerprint density at radius 3 is 0.667 bits per heavy atom. The Hall–Kier alpha value is -8.45. The zero-order valence-electron chi connectivity index (χ0n) is 64.9. The fraction of sp³-hybridized carbons (Fsp3) is 0.506. The Labute approximate surface area is 671 Å². The first-order valence-electron chi connectivity index (χ1n) is 37.4. The second-order valence-electron chi connectivity index (χ2n) is 27.9. The number of hydrogen-bond acceptors (Lipinski definition) is 25. The highest BCUT2D eigenvalue weighted by molar-refractivity contribution is 8.16. The van der Waals surface area contributed by atoms with Gasteiger partial charge < -0.3 is 74.7 Å². The minimum atomic E-state index is -1.12. The highest BCUT2D eigenvalue weighted by Gasteiger charge is 2.43. The molecule has 0 unspecified atom stereocenters. The molecular formula is C81H107N5O20S5. The van der Waals surface area contributed by atoms with Gasteiger partial charge in [-0.05, 0) is 128 Å². The van der Waals surface area contributed by atoms with Crippen molar-refractivity contribution in [2.75, 3.05) is 61.8 Å². The molecule has 0 aliphatic carbocycles. The number of carboxylic acid groups (broad SMARTS) is 5. The second-order valence-corrected chi connectivity index (χ2v) is 32.7. The smallest absolute Gasteiger partial charge is 0.332 e. The molecular weight excluding hydrogens is 1520 g/mol. The number of thioether (sulfide) groups is 5. The van der Waals surface area contributed by atoms with Gasteiger partial charge in [0.2, 0.25) is 0 Å². The van der Waals surface area contributed by atoms with E-state index in [4.69, 9.17) is 33.9 Å². The van der Waals surface area contributed by atoms with Crippen LogP contribution in [0.15, 0.2) is 116 Å². The number of carbonyl (C=O) groups is 5. The maximum absolute atomic E-state index is 11.2. The number of nitrogens with zero attached hydrogens (tertiary/aromatic N) is 5. The van der Waals surface area contributed by atoms with E-state index in [0.717, 1.165) is 51.4 Å². The van der Waals surface area contributed by atoms with E-state index in [2.05, 4.69) is 52.7 Å². The van der Waals surface area contributed by atoms with Crippen LogP contribution in [0.3, 0.4) is 0 Å². The number of unbranched alkanes of at least 4 members (excludes halogenated alkanes) is 12. The molecule has 5 aromatic rings. The van der Waals surface area contributed by atoms with E-state index in [9.17, 15) is 64.8 Å². The Bertz CT molecular complexity index is 4050. The third-order valence-corrected chi connectivity index (χ3v) is 24.3. The van der Waals surface area contributed by atoms with Crippen LogP contribution in [0.2, 0.25) is 0 Å². The Morgan fingerprint density at radius 2 is 0.486 bits per heavy atom. The summed E-state index contributed by atoms with van der Waals surface area (Å²) in [6.45, 7) is 21.4. The zero-order valence-corrected chi connectivity index (χ0v) is 69.0. The lowest BCUT2D eigenvalue weighted by Gasteiger charge is -2.11. The molecule has 5 aliphatic rings. The summed E-state index contributed by atoms with van der Waals surface area (Å²) in [4.78, 5) is 77.3. The van der Waals surface area contributed by atoms with Crippen molar-refractivity contribution in [1.29, 1.82) is 0 Å². The molecule has 0 bridgehead atoms. The highest BCUT2D eigenvalue weighted by atomic mass is 32.2. The topological polar surface area (TPSA) is 396 Å². The molecule has 10 N–H and O–H groups in total. The van der Waals surface area contributed by atoms with Crippen molar-refractivity contribution in [3.05, 3.63) is 119 Å². The highest BCUT2D eigenvalue weighted by Crippen LogP contribution is 2.41. The minimum Gasteiger partial charge on any atom is -0.507 e. The summed E-state index contributed by atoms with van der Waals surface area (Å²) in [7, 11) is 0.